The van der Waals surface area contributed by atoms with Gasteiger partial charge in [0, 0.05) is 16.2 Å². The first kappa shape index (κ1) is 11.9. The minimum absolute atomic E-state index is 0.0953. The van der Waals surface area contributed by atoms with Crippen LogP contribution in [0.3, 0.4) is 0 Å². The quantitative estimate of drug-likeness (QED) is 0.478. The molecule has 0 amide bonds. The van der Waals surface area contributed by atoms with Gasteiger partial charge in [-0.05, 0) is 5.56 Å². The van der Waals surface area contributed by atoms with Crippen molar-refractivity contribution < 1.29 is 18.3 Å². The van der Waals surface area contributed by atoms with E-state index in [2.05, 4.69) is 4.79 Å². The first-order chi connectivity index (χ1) is 7.95. The van der Waals surface area contributed by atoms with Gasteiger partial charge >= 0.3 is 5.71 Å². The van der Waals surface area contributed by atoms with E-state index >= 15 is 0 Å². The summed E-state index contributed by atoms with van der Waals surface area (Å²) >= 11 is 0. The van der Waals surface area contributed by atoms with Gasteiger partial charge in [0.25, 0.3) is 9.05 Å². The van der Waals surface area contributed by atoms with E-state index in [1.807, 2.05) is 0 Å². The van der Waals surface area contributed by atoms with Crippen LogP contribution in [0, 0.1) is 0 Å². The van der Waals surface area contributed by atoms with E-state index in [-0.39, 0.29) is 12.1 Å². The maximum absolute atomic E-state index is 11.3. The van der Waals surface area contributed by atoms with Gasteiger partial charge in [-0.25, -0.2) is 8.42 Å². The Morgan fingerprint density at radius 1 is 1.35 bits per heavy atom. The monoisotopic (exact) mass is 270 g/mol. The number of aliphatic hydroxyl groups is 1. The molecule has 1 aliphatic rings. The predicted octanol–water partition coefficient (Wildman–Crippen LogP) is 1.71. The summed E-state index contributed by atoms with van der Waals surface area (Å²) in [5.74, 6) is -0.491. The van der Waals surface area contributed by atoms with Gasteiger partial charge in [0.2, 0.25) is 4.91 Å². The van der Waals surface area contributed by atoms with Crippen LogP contribution in [0.4, 0.5) is 0 Å². The summed E-state index contributed by atoms with van der Waals surface area (Å²) in [7, 11) is 1.04. The molecule has 0 saturated carbocycles. The molecule has 0 heterocycles. The average Bonchev–Trinajstić information content (AvgIpc) is 2.27. The third-order valence-corrected chi connectivity index (χ3v) is 3.85. The molecule has 0 aliphatic heterocycles. The van der Waals surface area contributed by atoms with Crippen LogP contribution in [-0.4, -0.2) is 24.0 Å². The number of hydrogen-bond acceptors (Lipinski definition) is 3. The Morgan fingerprint density at radius 3 is 2.59 bits per heavy atom. The summed E-state index contributed by atoms with van der Waals surface area (Å²) in [6, 6.07) is 6.67. The highest BCUT2D eigenvalue weighted by molar-refractivity contribution is 8.17. The fourth-order valence-electron chi connectivity index (χ4n) is 1.76. The lowest BCUT2D eigenvalue weighted by Crippen LogP contribution is -2.20. The Kier molecular flexibility index (Phi) is 2.79. The molecule has 7 heteroatoms. The Balaban J connectivity index is 2.83. The molecule has 2 rings (SSSR count). The van der Waals surface area contributed by atoms with Crippen LogP contribution >= 0.6 is 10.7 Å². The fourth-order valence-corrected chi connectivity index (χ4v) is 2.98. The van der Waals surface area contributed by atoms with Crippen LogP contribution < -0.4 is 0 Å². The molecule has 1 N–H and O–H groups in total. The van der Waals surface area contributed by atoms with Crippen molar-refractivity contribution in [3.8, 4) is 0 Å². The zero-order chi connectivity index (χ0) is 12.6. The largest absolute Gasteiger partial charge is 0.506 e. The SMILES string of the molecule is [N-]=[N+]=C1Cc2ccccc2C(O)=C1S(=O)(=O)Cl. The summed E-state index contributed by atoms with van der Waals surface area (Å²) in [6.45, 7) is 0. The Morgan fingerprint density at radius 2 is 2.00 bits per heavy atom. The lowest BCUT2D eigenvalue weighted by Gasteiger charge is -2.14. The topological polar surface area (TPSA) is 90.8 Å². The Hall–Kier alpha value is -1.62. The van der Waals surface area contributed by atoms with E-state index in [4.69, 9.17) is 16.2 Å². The first-order valence-electron chi connectivity index (χ1n) is 4.62. The highest BCUT2D eigenvalue weighted by Crippen LogP contribution is 2.31. The molecule has 88 valence electrons. The minimum atomic E-state index is -4.17. The van der Waals surface area contributed by atoms with Crippen molar-refractivity contribution in [2.24, 2.45) is 0 Å². The number of benzene rings is 1. The average molecular weight is 271 g/mol. The molecular formula is C10H7ClN2O3S. The normalized spacial score (nSPS) is 15.5. The highest BCUT2D eigenvalue weighted by atomic mass is 35.7. The number of hydrogen-bond donors (Lipinski definition) is 1. The van der Waals surface area contributed by atoms with Crippen molar-refractivity contribution in [3.05, 3.63) is 45.8 Å². The van der Waals surface area contributed by atoms with Gasteiger partial charge in [-0.1, -0.05) is 24.3 Å². The van der Waals surface area contributed by atoms with Crippen LogP contribution in [0.5, 0.6) is 0 Å². The van der Waals surface area contributed by atoms with Gasteiger partial charge in [-0.3, -0.25) is 0 Å². The molecule has 1 aliphatic carbocycles. The van der Waals surface area contributed by atoms with Crippen LogP contribution in [0.25, 0.3) is 11.3 Å². The van der Waals surface area contributed by atoms with Crippen LogP contribution in [-0.2, 0) is 15.5 Å². The standard InChI is InChI=1S/C10H7ClN2O3S/c11-17(15,16)10-8(13-12)5-6-3-1-2-4-7(6)9(10)14/h1-4,14H,5H2. The Bertz CT molecular complexity index is 673. The van der Waals surface area contributed by atoms with Crippen LogP contribution in [0.2, 0.25) is 0 Å². The maximum Gasteiger partial charge on any atom is 0.320 e. The molecule has 0 bridgehead atoms. The molecular weight excluding hydrogens is 264 g/mol. The number of nitrogens with zero attached hydrogens (tertiary/aromatic N) is 2. The molecule has 0 radical (unpaired) electrons. The summed E-state index contributed by atoms with van der Waals surface area (Å²) in [5.41, 5.74) is 9.66. The lowest BCUT2D eigenvalue weighted by atomic mass is 9.94. The molecule has 17 heavy (non-hydrogen) atoms. The number of halogens is 1. The van der Waals surface area contributed by atoms with Crippen LogP contribution in [0.15, 0.2) is 29.2 Å². The van der Waals surface area contributed by atoms with Gasteiger partial charge in [0.05, 0.1) is 6.42 Å². The number of fused-ring (bicyclic) bond motifs is 1. The van der Waals surface area contributed by atoms with Crippen molar-refractivity contribution in [1.29, 1.82) is 0 Å². The summed E-state index contributed by atoms with van der Waals surface area (Å²) in [5, 5.41) is 9.88. The van der Waals surface area contributed by atoms with Gasteiger partial charge in [-0.2, -0.15) is 4.79 Å². The first-order valence-corrected chi connectivity index (χ1v) is 6.93. The van der Waals surface area contributed by atoms with Crippen molar-refractivity contribution in [3.63, 3.8) is 0 Å². The van der Waals surface area contributed by atoms with E-state index in [1.54, 1.807) is 24.3 Å². The maximum atomic E-state index is 11.3. The van der Waals surface area contributed by atoms with Crippen molar-refractivity contribution in [2.75, 3.05) is 0 Å². The van der Waals surface area contributed by atoms with Gasteiger partial charge in [-0.15, -0.1) is 0 Å². The summed E-state index contributed by atoms with van der Waals surface area (Å²) < 4.78 is 22.7. The molecule has 5 nitrogen and oxygen atoms in total. The second-order valence-corrected chi connectivity index (χ2v) is 6.00. The van der Waals surface area contributed by atoms with Crippen molar-refractivity contribution in [2.45, 2.75) is 6.42 Å². The van der Waals surface area contributed by atoms with Gasteiger partial charge in [0.1, 0.15) is 0 Å². The van der Waals surface area contributed by atoms with Crippen LogP contribution in [0.1, 0.15) is 11.1 Å². The molecule has 0 atom stereocenters. The fraction of sp³-hybridized carbons (Fsp3) is 0.100. The number of rotatable bonds is 1. The molecule has 0 spiro atoms. The molecule has 1 aromatic rings. The molecule has 0 fully saturated rings. The summed E-state index contributed by atoms with van der Waals surface area (Å²) in [6.07, 6.45) is 0.0953. The third kappa shape index (κ3) is 1.98. The second kappa shape index (κ2) is 4.00. The smallest absolute Gasteiger partial charge is 0.320 e. The number of allylic oxidation sites excluding steroid dienone is 1. The Labute approximate surface area is 102 Å². The third-order valence-electron chi connectivity index (χ3n) is 2.47. The summed E-state index contributed by atoms with van der Waals surface area (Å²) in [4.78, 5) is 2.34. The van der Waals surface area contributed by atoms with E-state index in [1.165, 1.54) is 0 Å². The zero-order valence-corrected chi connectivity index (χ0v) is 10.0. The van der Waals surface area contributed by atoms with E-state index < -0.39 is 19.7 Å². The zero-order valence-electron chi connectivity index (χ0n) is 8.46. The van der Waals surface area contributed by atoms with E-state index in [0.29, 0.717) is 11.1 Å². The molecule has 0 unspecified atom stereocenters. The van der Waals surface area contributed by atoms with E-state index in [0.717, 1.165) is 0 Å². The predicted molar refractivity (Wildman–Crippen MR) is 63.1 cm³/mol. The lowest BCUT2D eigenvalue weighted by molar-refractivity contribution is -0.00608. The highest BCUT2D eigenvalue weighted by Gasteiger charge is 2.37. The minimum Gasteiger partial charge on any atom is -0.506 e. The molecule has 1 aromatic carbocycles. The van der Waals surface area contributed by atoms with E-state index in [9.17, 15) is 13.5 Å². The van der Waals surface area contributed by atoms with Gasteiger partial charge in [0.15, 0.2) is 5.76 Å². The molecule has 0 saturated heterocycles. The van der Waals surface area contributed by atoms with Crippen molar-refractivity contribution in [1.82, 2.24) is 0 Å². The van der Waals surface area contributed by atoms with Gasteiger partial charge < -0.3 is 10.6 Å². The molecule has 0 aromatic heterocycles. The van der Waals surface area contributed by atoms with Crippen molar-refractivity contribution >= 4 is 31.2 Å². The second-order valence-electron chi connectivity index (χ2n) is 3.50. The number of aliphatic hydroxyl groups excluding tert-OH is 1.